The Kier molecular flexibility index (Phi) is 6.89. The zero-order valence-corrected chi connectivity index (χ0v) is 17.2. The smallest absolute Gasteiger partial charge is 0.316 e. The number of fused-ring (bicyclic) bond motifs is 1. The van der Waals surface area contributed by atoms with Crippen molar-refractivity contribution >= 4 is 50.9 Å². The van der Waals surface area contributed by atoms with Gasteiger partial charge in [0.1, 0.15) is 5.75 Å². The molecule has 8 heteroatoms. The van der Waals surface area contributed by atoms with Gasteiger partial charge in [-0.25, -0.2) is 4.98 Å². The number of ether oxygens (including phenoxy) is 2. The van der Waals surface area contributed by atoms with E-state index in [1.165, 1.54) is 23.1 Å². The molecule has 0 fully saturated rings. The van der Waals surface area contributed by atoms with Crippen molar-refractivity contribution in [2.24, 2.45) is 0 Å². The maximum atomic E-state index is 12.1. The molecule has 1 N–H and O–H groups in total. The molecule has 0 radical (unpaired) electrons. The van der Waals surface area contributed by atoms with Crippen LogP contribution in [0, 0.1) is 6.92 Å². The number of thiazole rings is 1. The topological polar surface area (TPSA) is 77.5 Å². The molecule has 0 aliphatic carbocycles. The molecule has 28 heavy (non-hydrogen) atoms. The molecule has 6 nitrogen and oxygen atoms in total. The third kappa shape index (κ3) is 5.71. The van der Waals surface area contributed by atoms with Gasteiger partial charge in [-0.3, -0.25) is 9.59 Å². The van der Waals surface area contributed by atoms with Crippen molar-refractivity contribution in [2.45, 2.75) is 18.2 Å². The maximum Gasteiger partial charge on any atom is 0.316 e. The lowest BCUT2D eigenvalue weighted by Crippen LogP contribution is -2.20. The highest BCUT2D eigenvalue weighted by Gasteiger charge is 2.10. The summed E-state index contributed by atoms with van der Waals surface area (Å²) in [4.78, 5) is 28.1. The third-order valence-corrected chi connectivity index (χ3v) is 5.77. The van der Waals surface area contributed by atoms with E-state index in [2.05, 4.69) is 10.3 Å². The largest absolute Gasteiger partial charge is 0.484 e. The normalized spacial score (nSPS) is 10.6. The Morgan fingerprint density at radius 1 is 1.21 bits per heavy atom. The van der Waals surface area contributed by atoms with Gasteiger partial charge in [0.2, 0.25) is 0 Å². The Morgan fingerprint density at radius 3 is 2.86 bits per heavy atom. The van der Waals surface area contributed by atoms with E-state index in [0.29, 0.717) is 18.0 Å². The molecule has 1 amide bonds. The maximum absolute atomic E-state index is 12.1. The number of thioether (sulfide) groups is 1. The Balaban J connectivity index is 1.57. The van der Waals surface area contributed by atoms with Gasteiger partial charge in [0, 0.05) is 5.69 Å². The standard InChI is InChI=1S/C20H20N2O4S2/c1-3-25-19(24)12-27-20-22-16-8-7-14(10-17(16)28-20)21-18(23)11-26-15-6-4-5-13(2)9-15/h4-10H,3,11-12H2,1-2H3,(H,21,23). The van der Waals surface area contributed by atoms with Crippen LogP contribution in [0.1, 0.15) is 12.5 Å². The lowest BCUT2D eigenvalue weighted by Gasteiger charge is -2.08. The predicted octanol–water partition coefficient (Wildman–Crippen LogP) is 4.28. The summed E-state index contributed by atoms with van der Waals surface area (Å²) >= 11 is 2.82. The van der Waals surface area contributed by atoms with Crippen LogP contribution >= 0.6 is 23.1 Å². The number of amides is 1. The first-order chi connectivity index (χ1) is 13.5. The Bertz CT molecular complexity index is 987. The molecule has 0 bridgehead atoms. The van der Waals surface area contributed by atoms with Crippen LogP contribution in [0.5, 0.6) is 5.75 Å². The number of anilines is 1. The Morgan fingerprint density at radius 2 is 2.07 bits per heavy atom. The first-order valence-corrected chi connectivity index (χ1v) is 10.5. The van der Waals surface area contributed by atoms with E-state index in [-0.39, 0.29) is 24.2 Å². The molecule has 146 valence electrons. The van der Waals surface area contributed by atoms with E-state index in [1.54, 1.807) is 13.0 Å². The van der Waals surface area contributed by atoms with Crippen LogP contribution in [-0.4, -0.2) is 35.8 Å². The number of carbonyl (C=O) groups is 2. The SMILES string of the molecule is CCOC(=O)CSc1nc2ccc(NC(=O)COc3cccc(C)c3)cc2s1. The molecular weight excluding hydrogens is 396 g/mol. The number of nitrogens with one attached hydrogen (secondary N) is 1. The average molecular weight is 417 g/mol. The summed E-state index contributed by atoms with van der Waals surface area (Å²) in [5.74, 6) is 0.403. The van der Waals surface area contributed by atoms with Gasteiger partial charge in [-0.15, -0.1) is 11.3 Å². The summed E-state index contributed by atoms with van der Waals surface area (Å²) in [7, 11) is 0. The number of esters is 1. The number of aryl methyl sites for hydroxylation is 1. The summed E-state index contributed by atoms with van der Waals surface area (Å²) in [6.07, 6.45) is 0. The summed E-state index contributed by atoms with van der Waals surface area (Å²) in [6, 6.07) is 13.1. The highest BCUT2D eigenvalue weighted by molar-refractivity contribution is 8.01. The number of hydrogen-bond donors (Lipinski definition) is 1. The molecule has 0 saturated carbocycles. The van der Waals surface area contributed by atoms with E-state index in [4.69, 9.17) is 9.47 Å². The second kappa shape index (κ2) is 9.57. The van der Waals surface area contributed by atoms with Crippen molar-refractivity contribution in [3.8, 4) is 5.75 Å². The van der Waals surface area contributed by atoms with Crippen LogP contribution in [0.15, 0.2) is 46.8 Å². The van der Waals surface area contributed by atoms with Gasteiger partial charge in [-0.05, 0) is 49.7 Å². The minimum atomic E-state index is -0.256. The number of benzene rings is 2. The average Bonchev–Trinajstić information content (AvgIpc) is 3.07. The third-order valence-electron chi connectivity index (χ3n) is 3.63. The number of aromatic nitrogens is 1. The van der Waals surface area contributed by atoms with Gasteiger partial charge < -0.3 is 14.8 Å². The second-order valence-electron chi connectivity index (χ2n) is 5.91. The summed E-state index contributed by atoms with van der Waals surface area (Å²) in [5, 5.41) is 2.83. The monoisotopic (exact) mass is 416 g/mol. The van der Waals surface area contributed by atoms with E-state index >= 15 is 0 Å². The quantitative estimate of drug-likeness (QED) is 0.436. The minimum Gasteiger partial charge on any atom is -0.484 e. The molecule has 1 heterocycles. The molecule has 1 aromatic heterocycles. The van der Waals surface area contributed by atoms with E-state index < -0.39 is 0 Å². The zero-order valence-electron chi connectivity index (χ0n) is 15.6. The van der Waals surface area contributed by atoms with Crippen LogP contribution in [0.2, 0.25) is 0 Å². The van der Waals surface area contributed by atoms with Crippen molar-refractivity contribution in [3.63, 3.8) is 0 Å². The second-order valence-corrected chi connectivity index (χ2v) is 8.16. The number of rotatable bonds is 8. The van der Waals surface area contributed by atoms with Gasteiger partial charge in [-0.1, -0.05) is 23.9 Å². The first-order valence-electron chi connectivity index (χ1n) is 8.72. The molecule has 0 atom stereocenters. The van der Waals surface area contributed by atoms with Crippen LogP contribution in [0.25, 0.3) is 10.2 Å². The molecule has 3 aromatic rings. The molecule has 0 spiro atoms. The highest BCUT2D eigenvalue weighted by Crippen LogP contribution is 2.31. The van der Waals surface area contributed by atoms with Crippen LogP contribution in [0.4, 0.5) is 5.69 Å². The van der Waals surface area contributed by atoms with E-state index in [0.717, 1.165) is 20.1 Å². The van der Waals surface area contributed by atoms with Gasteiger partial charge in [0.05, 0.1) is 22.6 Å². The summed E-state index contributed by atoms with van der Waals surface area (Å²) in [6.45, 7) is 4.05. The Labute approximate surface area is 171 Å². The lowest BCUT2D eigenvalue weighted by atomic mass is 10.2. The highest BCUT2D eigenvalue weighted by atomic mass is 32.2. The molecule has 3 rings (SSSR count). The van der Waals surface area contributed by atoms with Gasteiger partial charge in [-0.2, -0.15) is 0 Å². The lowest BCUT2D eigenvalue weighted by molar-refractivity contribution is -0.139. The number of carbonyl (C=O) groups excluding carboxylic acids is 2. The fourth-order valence-corrected chi connectivity index (χ4v) is 4.32. The molecule has 0 saturated heterocycles. The molecule has 0 aliphatic heterocycles. The number of nitrogens with zero attached hydrogens (tertiary/aromatic N) is 1. The first kappa shape index (κ1) is 20.2. The van der Waals surface area contributed by atoms with Gasteiger partial charge in [0.15, 0.2) is 10.9 Å². The fourth-order valence-electron chi connectivity index (χ4n) is 2.42. The van der Waals surface area contributed by atoms with Crippen molar-refractivity contribution < 1.29 is 19.1 Å². The van der Waals surface area contributed by atoms with Crippen molar-refractivity contribution in [1.29, 1.82) is 0 Å². The van der Waals surface area contributed by atoms with Crippen molar-refractivity contribution in [3.05, 3.63) is 48.0 Å². The predicted molar refractivity (Wildman–Crippen MR) is 112 cm³/mol. The van der Waals surface area contributed by atoms with E-state index in [9.17, 15) is 9.59 Å². The Hall–Kier alpha value is -2.58. The van der Waals surface area contributed by atoms with Crippen molar-refractivity contribution in [1.82, 2.24) is 4.98 Å². The van der Waals surface area contributed by atoms with E-state index in [1.807, 2.05) is 43.3 Å². The van der Waals surface area contributed by atoms with Crippen LogP contribution < -0.4 is 10.1 Å². The summed E-state index contributed by atoms with van der Waals surface area (Å²) < 4.78 is 12.2. The number of hydrogen-bond acceptors (Lipinski definition) is 7. The molecule has 2 aromatic carbocycles. The van der Waals surface area contributed by atoms with Gasteiger partial charge >= 0.3 is 5.97 Å². The molecular formula is C20H20N2O4S2. The molecule has 0 unspecified atom stereocenters. The molecule has 0 aliphatic rings. The minimum absolute atomic E-state index is 0.0647. The van der Waals surface area contributed by atoms with Crippen LogP contribution in [-0.2, 0) is 14.3 Å². The fraction of sp³-hybridized carbons (Fsp3) is 0.250. The van der Waals surface area contributed by atoms with Crippen LogP contribution in [0.3, 0.4) is 0 Å². The summed E-state index contributed by atoms with van der Waals surface area (Å²) in [5.41, 5.74) is 2.58. The zero-order chi connectivity index (χ0) is 19.9. The van der Waals surface area contributed by atoms with Gasteiger partial charge in [0.25, 0.3) is 5.91 Å². The van der Waals surface area contributed by atoms with Crippen molar-refractivity contribution in [2.75, 3.05) is 24.3 Å².